The number of pyridine rings is 1. The van der Waals surface area contributed by atoms with E-state index < -0.39 is 29.2 Å². The van der Waals surface area contributed by atoms with E-state index in [2.05, 4.69) is 31.1 Å². The second-order valence-electron chi connectivity index (χ2n) is 5.66. The Balaban J connectivity index is 1.65. The van der Waals surface area contributed by atoms with Crippen LogP contribution < -0.4 is 10.2 Å². The lowest BCUT2D eigenvalue weighted by atomic mass is 10.1. The van der Waals surface area contributed by atoms with Crippen LogP contribution in [0.4, 0.5) is 28.9 Å². The molecule has 8 heteroatoms. The zero-order valence-corrected chi connectivity index (χ0v) is 14.1. The van der Waals surface area contributed by atoms with Crippen LogP contribution in [0.1, 0.15) is 6.42 Å². The first kappa shape index (κ1) is 17.0. The highest BCUT2D eigenvalue weighted by Gasteiger charge is 2.25. The zero-order valence-electron chi connectivity index (χ0n) is 12.5. The summed E-state index contributed by atoms with van der Waals surface area (Å²) in [6.45, 7) is 1.69. The molecule has 0 spiro atoms. The van der Waals surface area contributed by atoms with Gasteiger partial charge in [-0.2, -0.15) is 22.5 Å². The summed E-state index contributed by atoms with van der Waals surface area (Å²) in [6, 6.07) is 7.82. The summed E-state index contributed by atoms with van der Waals surface area (Å²) >= 11 is 3.42. The molecule has 0 saturated carbocycles. The van der Waals surface area contributed by atoms with E-state index in [1.165, 1.54) is 0 Å². The summed E-state index contributed by atoms with van der Waals surface area (Å²) in [4.78, 5) is 4.69. The minimum absolute atomic E-state index is 0.0991. The normalized spacial score (nSPS) is 17.4. The zero-order chi connectivity index (χ0) is 17.3. The van der Waals surface area contributed by atoms with Crippen LogP contribution in [0.3, 0.4) is 0 Å². The standard InChI is InChI=1S/C16H14BrF4N3/c17-10-2-1-3-11(6-10)24-5-4-9(8-24)7-22-14-12(18)15(20)23-16(21)13(14)19/h1-3,6,9H,4-5,7-8H2,(H,22,23). The molecule has 2 aromatic rings. The Bertz CT molecular complexity index is 730. The highest BCUT2D eigenvalue weighted by molar-refractivity contribution is 9.10. The average Bonchev–Trinajstić information content (AvgIpc) is 3.02. The average molecular weight is 404 g/mol. The maximum atomic E-state index is 13.6. The van der Waals surface area contributed by atoms with Crippen molar-refractivity contribution in [2.45, 2.75) is 6.42 Å². The minimum atomic E-state index is -1.65. The molecule has 24 heavy (non-hydrogen) atoms. The maximum absolute atomic E-state index is 13.6. The van der Waals surface area contributed by atoms with Crippen LogP contribution in [0, 0.1) is 29.4 Å². The fraction of sp³-hybridized carbons (Fsp3) is 0.312. The van der Waals surface area contributed by atoms with Crippen LogP contribution >= 0.6 is 15.9 Å². The van der Waals surface area contributed by atoms with E-state index in [-0.39, 0.29) is 12.5 Å². The number of anilines is 2. The van der Waals surface area contributed by atoms with Crippen molar-refractivity contribution < 1.29 is 17.6 Å². The maximum Gasteiger partial charge on any atom is 0.253 e. The second kappa shape index (κ2) is 6.96. The van der Waals surface area contributed by atoms with Crippen molar-refractivity contribution in [3.63, 3.8) is 0 Å². The highest BCUT2D eigenvalue weighted by atomic mass is 79.9. The Hall–Kier alpha value is -1.83. The topological polar surface area (TPSA) is 28.2 Å². The third-order valence-corrected chi connectivity index (χ3v) is 4.52. The largest absolute Gasteiger partial charge is 0.380 e. The van der Waals surface area contributed by atoms with E-state index in [1.807, 2.05) is 24.3 Å². The quantitative estimate of drug-likeness (QED) is 0.607. The molecule has 1 aromatic heterocycles. The van der Waals surface area contributed by atoms with Gasteiger partial charge in [-0.15, -0.1) is 0 Å². The van der Waals surface area contributed by atoms with E-state index in [9.17, 15) is 17.6 Å². The molecule has 2 heterocycles. The third kappa shape index (κ3) is 3.48. The van der Waals surface area contributed by atoms with Crippen molar-refractivity contribution in [3.05, 3.63) is 52.3 Å². The number of benzene rings is 1. The van der Waals surface area contributed by atoms with E-state index in [0.717, 1.165) is 23.1 Å². The van der Waals surface area contributed by atoms with Gasteiger partial charge in [0, 0.05) is 29.8 Å². The Kier molecular flexibility index (Phi) is 4.93. The predicted octanol–water partition coefficient (Wildman–Crippen LogP) is 4.34. The first-order chi connectivity index (χ1) is 11.5. The summed E-state index contributed by atoms with van der Waals surface area (Å²) in [5, 5.41) is 2.48. The van der Waals surface area contributed by atoms with Crippen molar-refractivity contribution in [1.82, 2.24) is 4.98 Å². The van der Waals surface area contributed by atoms with Crippen LogP contribution in [0.15, 0.2) is 28.7 Å². The molecule has 3 nitrogen and oxygen atoms in total. The molecule has 1 aromatic carbocycles. The lowest BCUT2D eigenvalue weighted by molar-refractivity contribution is 0.410. The molecule has 128 valence electrons. The Morgan fingerprint density at radius 1 is 1.17 bits per heavy atom. The van der Waals surface area contributed by atoms with E-state index >= 15 is 0 Å². The predicted molar refractivity (Wildman–Crippen MR) is 87.0 cm³/mol. The van der Waals surface area contributed by atoms with Gasteiger partial charge in [0.15, 0.2) is 0 Å². The van der Waals surface area contributed by atoms with Gasteiger partial charge >= 0.3 is 0 Å². The first-order valence-electron chi connectivity index (χ1n) is 7.40. The summed E-state index contributed by atoms with van der Waals surface area (Å²) in [5.41, 5.74) is 0.242. The van der Waals surface area contributed by atoms with Gasteiger partial charge in [0.25, 0.3) is 11.9 Å². The summed E-state index contributed by atoms with van der Waals surface area (Å²) in [5.74, 6) is -6.22. The van der Waals surface area contributed by atoms with Crippen LogP contribution in [0.5, 0.6) is 0 Å². The number of hydrogen-bond acceptors (Lipinski definition) is 3. The van der Waals surface area contributed by atoms with Crippen molar-refractivity contribution in [1.29, 1.82) is 0 Å². The molecule has 0 radical (unpaired) electrons. The second-order valence-corrected chi connectivity index (χ2v) is 6.57. The number of nitrogens with one attached hydrogen (secondary N) is 1. The molecule has 1 aliphatic heterocycles. The smallest absolute Gasteiger partial charge is 0.253 e. The van der Waals surface area contributed by atoms with E-state index in [0.29, 0.717) is 6.54 Å². The fourth-order valence-corrected chi connectivity index (χ4v) is 3.18. The van der Waals surface area contributed by atoms with Gasteiger partial charge < -0.3 is 10.2 Å². The van der Waals surface area contributed by atoms with Crippen LogP contribution in [-0.4, -0.2) is 24.6 Å². The first-order valence-corrected chi connectivity index (χ1v) is 8.19. The molecular formula is C16H14BrF4N3. The van der Waals surface area contributed by atoms with Crippen molar-refractivity contribution in [3.8, 4) is 0 Å². The van der Waals surface area contributed by atoms with E-state index in [1.54, 1.807) is 0 Å². The van der Waals surface area contributed by atoms with Crippen LogP contribution in [0.25, 0.3) is 0 Å². The molecule has 1 fully saturated rings. The lowest BCUT2D eigenvalue weighted by Gasteiger charge is -2.19. The molecule has 1 saturated heterocycles. The van der Waals surface area contributed by atoms with Crippen molar-refractivity contribution in [2.75, 3.05) is 29.9 Å². The van der Waals surface area contributed by atoms with Gasteiger partial charge in [0.05, 0.1) is 0 Å². The molecule has 3 rings (SSSR count). The fourth-order valence-electron chi connectivity index (χ4n) is 2.80. The number of hydrogen-bond donors (Lipinski definition) is 1. The lowest BCUT2D eigenvalue weighted by Crippen LogP contribution is -2.23. The third-order valence-electron chi connectivity index (χ3n) is 4.02. The Morgan fingerprint density at radius 3 is 2.54 bits per heavy atom. The van der Waals surface area contributed by atoms with Gasteiger partial charge in [-0.05, 0) is 30.5 Å². The SMILES string of the molecule is Fc1nc(F)c(F)c(NCC2CCN(c3cccc(Br)c3)C2)c1F. The van der Waals surface area contributed by atoms with Gasteiger partial charge in [0.2, 0.25) is 11.6 Å². The number of nitrogens with zero attached hydrogens (tertiary/aromatic N) is 2. The molecule has 1 aliphatic rings. The van der Waals surface area contributed by atoms with E-state index in [4.69, 9.17) is 0 Å². The minimum Gasteiger partial charge on any atom is -0.380 e. The van der Waals surface area contributed by atoms with Gasteiger partial charge in [-0.1, -0.05) is 22.0 Å². The number of halogens is 5. The molecule has 1 N–H and O–H groups in total. The molecule has 0 amide bonds. The summed E-state index contributed by atoms with van der Waals surface area (Å²) < 4.78 is 54.3. The van der Waals surface area contributed by atoms with Gasteiger partial charge in [-0.25, -0.2) is 0 Å². The molecule has 0 aliphatic carbocycles. The van der Waals surface area contributed by atoms with Crippen molar-refractivity contribution >= 4 is 27.3 Å². The number of rotatable bonds is 4. The van der Waals surface area contributed by atoms with Gasteiger partial charge in [0.1, 0.15) is 5.69 Å². The summed E-state index contributed by atoms with van der Waals surface area (Å²) in [6.07, 6.45) is 0.804. The molecule has 1 unspecified atom stereocenters. The Morgan fingerprint density at radius 2 is 1.88 bits per heavy atom. The molecular weight excluding hydrogens is 390 g/mol. The molecule has 1 atom stereocenters. The monoisotopic (exact) mass is 403 g/mol. The van der Waals surface area contributed by atoms with Crippen molar-refractivity contribution in [2.24, 2.45) is 5.92 Å². The highest BCUT2D eigenvalue weighted by Crippen LogP contribution is 2.27. The summed E-state index contributed by atoms with van der Waals surface area (Å²) in [7, 11) is 0. The van der Waals surface area contributed by atoms with Crippen LogP contribution in [-0.2, 0) is 0 Å². The molecule has 0 bridgehead atoms. The number of aromatic nitrogens is 1. The van der Waals surface area contributed by atoms with Crippen LogP contribution in [0.2, 0.25) is 0 Å². The van der Waals surface area contributed by atoms with Gasteiger partial charge in [-0.3, -0.25) is 0 Å². The Labute approximate surface area is 144 Å².